The number of rotatable bonds is 6. The minimum atomic E-state index is 0.889. The number of hydrogen-bond acceptors (Lipinski definition) is 3. The molecule has 1 aromatic carbocycles. The van der Waals surface area contributed by atoms with Gasteiger partial charge < -0.3 is 10.2 Å². The summed E-state index contributed by atoms with van der Waals surface area (Å²) in [5, 5.41) is 3.17. The Morgan fingerprint density at radius 3 is 2.55 bits per heavy atom. The second kappa shape index (κ2) is 7.41. The molecule has 0 saturated heterocycles. The molecule has 0 spiro atoms. The summed E-state index contributed by atoms with van der Waals surface area (Å²) < 4.78 is 1.14. The molecule has 2 rings (SSSR count). The van der Waals surface area contributed by atoms with Gasteiger partial charge in [-0.05, 0) is 64.8 Å². The summed E-state index contributed by atoms with van der Waals surface area (Å²) in [5.41, 5.74) is 3.82. The van der Waals surface area contributed by atoms with Crippen LogP contribution in [0.2, 0.25) is 0 Å². The van der Waals surface area contributed by atoms with Crippen molar-refractivity contribution >= 4 is 21.6 Å². The van der Waals surface area contributed by atoms with E-state index in [1.165, 1.54) is 16.8 Å². The molecule has 1 aromatic heterocycles. The van der Waals surface area contributed by atoms with Gasteiger partial charge in [0.2, 0.25) is 0 Å². The summed E-state index contributed by atoms with van der Waals surface area (Å²) in [6.07, 6.45) is 4.71. The quantitative estimate of drug-likeness (QED) is 0.879. The highest BCUT2D eigenvalue weighted by Gasteiger charge is 2.06. The molecule has 0 saturated carbocycles. The molecule has 106 valence electrons. The van der Waals surface area contributed by atoms with E-state index in [1.807, 2.05) is 19.4 Å². The smallest absolute Gasteiger partial charge is 0.0508 e. The lowest BCUT2D eigenvalue weighted by Crippen LogP contribution is -2.20. The highest BCUT2D eigenvalue weighted by Crippen LogP contribution is 2.26. The van der Waals surface area contributed by atoms with E-state index in [0.29, 0.717) is 0 Å². The third kappa shape index (κ3) is 4.05. The van der Waals surface area contributed by atoms with Crippen LogP contribution in [0.1, 0.15) is 11.1 Å². The SMILES string of the molecule is CNCc1ccc(N(C)CCc2ccncc2)c(Br)c1. The maximum atomic E-state index is 4.04. The van der Waals surface area contributed by atoms with Gasteiger partial charge in [-0.3, -0.25) is 4.98 Å². The summed E-state index contributed by atoms with van der Waals surface area (Å²) in [6, 6.07) is 10.6. The van der Waals surface area contributed by atoms with Crippen molar-refractivity contribution in [2.75, 3.05) is 25.5 Å². The van der Waals surface area contributed by atoms with E-state index in [-0.39, 0.29) is 0 Å². The minimum absolute atomic E-state index is 0.889. The minimum Gasteiger partial charge on any atom is -0.373 e. The Kier molecular flexibility index (Phi) is 5.56. The van der Waals surface area contributed by atoms with E-state index < -0.39 is 0 Å². The molecule has 3 nitrogen and oxygen atoms in total. The molecule has 2 aromatic rings. The predicted octanol–water partition coefficient (Wildman–Crippen LogP) is 3.24. The fourth-order valence-corrected chi connectivity index (χ4v) is 2.87. The lowest BCUT2D eigenvalue weighted by molar-refractivity contribution is 0.815. The van der Waals surface area contributed by atoms with Crippen molar-refractivity contribution < 1.29 is 0 Å². The largest absolute Gasteiger partial charge is 0.373 e. The zero-order valence-electron chi connectivity index (χ0n) is 11.9. The Morgan fingerprint density at radius 1 is 1.15 bits per heavy atom. The van der Waals surface area contributed by atoms with Crippen LogP contribution in [0.25, 0.3) is 0 Å². The highest BCUT2D eigenvalue weighted by molar-refractivity contribution is 9.10. The molecule has 4 heteroatoms. The van der Waals surface area contributed by atoms with Gasteiger partial charge in [0.25, 0.3) is 0 Å². The van der Waals surface area contributed by atoms with Crippen molar-refractivity contribution in [3.05, 3.63) is 58.3 Å². The van der Waals surface area contributed by atoms with Crippen LogP contribution in [0.15, 0.2) is 47.2 Å². The molecule has 1 heterocycles. The summed E-state index contributed by atoms with van der Waals surface area (Å²) in [7, 11) is 4.09. The van der Waals surface area contributed by atoms with Crippen molar-refractivity contribution in [3.63, 3.8) is 0 Å². The van der Waals surface area contributed by atoms with E-state index >= 15 is 0 Å². The summed E-state index contributed by atoms with van der Waals surface area (Å²) in [4.78, 5) is 6.32. The van der Waals surface area contributed by atoms with Gasteiger partial charge in [0.15, 0.2) is 0 Å². The van der Waals surface area contributed by atoms with E-state index in [9.17, 15) is 0 Å². The van der Waals surface area contributed by atoms with Crippen LogP contribution in [-0.4, -0.2) is 25.6 Å². The van der Waals surface area contributed by atoms with Gasteiger partial charge in [-0.25, -0.2) is 0 Å². The number of halogens is 1. The summed E-state index contributed by atoms with van der Waals surface area (Å²) in [6.45, 7) is 1.87. The van der Waals surface area contributed by atoms with Crippen molar-refractivity contribution in [1.29, 1.82) is 0 Å². The van der Waals surface area contributed by atoms with E-state index in [2.05, 4.69) is 68.5 Å². The zero-order valence-corrected chi connectivity index (χ0v) is 13.5. The highest BCUT2D eigenvalue weighted by atomic mass is 79.9. The normalized spacial score (nSPS) is 10.6. The zero-order chi connectivity index (χ0) is 14.4. The number of anilines is 1. The third-order valence-electron chi connectivity index (χ3n) is 3.29. The van der Waals surface area contributed by atoms with Crippen LogP contribution in [0, 0.1) is 0 Å². The van der Waals surface area contributed by atoms with Crippen LogP contribution in [-0.2, 0) is 13.0 Å². The Balaban J connectivity index is 2.00. The molecule has 0 unspecified atom stereocenters. The lowest BCUT2D eigenvalue weighted by atomic mass is 10.1. The predicted molar refractivity (Wildman–Crippen MR) is 88.1 cm³/mol. The molecule has 20 heavy (non-hydrogen) atoms. The molecule has 0 atom stereocenters. The molecule has 0 radical (unpaired) electrons. The van der Waals surface area contributed by atoms with E-state index in [4.69, 9.17) is 0 Å². The monoisotopic (exact) mass is 333 g/mol. The van der Waals surface area contributed by atoms with Gasteiger partial charge in [-0.1, -0.05) is 6.07 Å². The number of nitrogens with zero attached hydrogens (tertiary/aromatic N) is 2. The Morgan fingerprint density at radius 2 is 1.90 bits per heavy atom. The van der Waals surface area contributed by atoms with Crippen LogP contribution in [0.5, 0.6) is 0 Å². The molecular formula is C16H20BrN3. The maximum absolute atomic E-state index is 4.04. The Hall–Kier alpha value is -1.39. The van der Waals surface area contributed by atoms with Gasteiger partial charge in [-0.2, -0.15) is 0 Å². The van der Waals surface area contributed by atoms with Crippen LogP contribution >= 0.6 is 15.9 Å². The van der Waals surface area contributed by atoms with E-state index in [0.717, 1.165) is 24.0 Å². The molecular weight excluding hydrogens is 314 g/mol. The van der Waals surface area contributed by atoms with Crippen molar-refractivity contribution in [2.24, 2.45) is 0 Å². The summed E-state index contributed by atoms with van der Waals surface area (Å²) >= 11 is 3.66. The average Bonchev–Trinajstić information content (AvgIpc) is 2.46. The number of aromatic nitrogens is 1. The second-order valence-corrected chi connectivity index (χ2v) is 5.70. The van der Waals surface area contributed by atoms with Crippen LogP contribution in [0.3, 0.4) is 0 Å². The first-order valence-electron chi connectivity index (χ1n) is 6.74. The van der Waals surface area contributed by atoms with Crippen LogP contribution < -0.4 is 10.2 Å². The van der Waals surface area contributed by atoms with Gasteiger partial charge in [-0.15, -0.1) is 0 Å². The van der Waals surface area contributed by atoms with E-state index in [1.54, 1.807) is 0 Å². The van der Waals surface area contributed by atoms with Crippen molar-refractivity contribution in [3.8, 4) is 0 Å². The molecule has 0 aliphatic heterocycles. The molecule has 0 amide bonds. The Bertz CT molecular complexity index is 543. The van der Waals surface area contributed by atoms with Gasteiger partial charge in [0.1, 0.15) is 0 Å². The lowest BCUT2D eigenvalue weighted by Gasteiger charge is -2.21. The molecule has 0 bridgehead atoms. The van der Waals surface area contributed by atoms with Crippen molar-refractivity contribution in [2.45, 2.75) is 13.0 Å². The van der Waals surface area contributed by atoms with Gasteiger partial charge in [0.05, 0.1) is 5.69 Å². The molecule has 0 aliphatic rings. The third-order valence-corrected chi connectivity index (χ3v) is 3.92. The number of pyridine rings is 1. The number of benzene rings is 1. The molecule has 1 N–H and O–H groups in total. The average molecular weight is 334 g/mol. The first kappa shape index (κ1) is 15.0. The second-order valence-electron chi connectivity index (χ2n) is 4.84. The topological polar surface area (TPSA) is 28.2 Å². The summed E-state index contributed by atoms with van der Waals surface area (Å²) in [5.74, 6) is 0. The standard InChI is InChI=1S/C16H20BrN3/c1-18-12-14-3-4-16(15(17)11-14)20(2)10-7-13-5-8-19-9-6-13/h3-6,8-9,11,18H,7,10,12H2,1-2H3. The Labute approximate surface area is 129 Å². The fourth-order valence-electron chi connectivity index (χ4n) is 2.14. The van der Waals surface area contributed by atoms with Crippen molar-refractivity contribution in [1.82, 2.24) is 10.3 Å². The van der Waals surface area contributed by atoms with Gasteiger partial charge >= 0.3 is 0 Å². The first-order valence-corrected chi connectivity index (χ1v) is 7.53. The maximum Gasteiger partial charge on any atom is 0.0508 e. The number of nitrogens with one attached hydrogen (secondary N) is 1. The fraction of sp³-hybridized carbons (Fsp3) is 0.312. The molecule has 0 aliphatic carbocycles. The molecule has 0 fully saturated rings. The first-order chi connectivity index (χ1) is 9.70. The number of likely N-dealkylation sites (N-methyl/N-ethyl adjacent to an activating group) is 1. The van der Waals surface area contributed by atoms with Gasteiger partial charge in [0, 0.05) is 37.0 Å². The van der Waals surface area contributed by atoms with Crippen LogP contribution in [0.4, 0.5) is 5.69 Å². The number of hydrogen-bond donors (Lipinski definition) is 1.